The maximum Gasteiger partial charge on any atom is 0.315 e. The number of piperidine rings is 1. The second kappa shape index (κ2) is 12.7. The molecule has 2 saturated carbocycles. The molecular formula is C30H49N5O5. The normalized spacial score (nSPS) is 25.1. The third-order valence-corrected chi connectivity index (χ3v) is 8.76. The Bertz CT molecular complexity index is 997. The summed E-state index contributed by atoms with van der Waals surface area (Å²) >= 11 is 0. The van der Waals surface area contributed by atoms with Gasteiger partial charge < -0.3 is 26.2 Å². The van der Waals surface area contributed by atoms with E-state index >= 15 is 0 Å². The molecule has 5 amide bonds. The number of hydrogen-bond donors (Lipinski definition) is 4. The van der Waals surface area contributed by atoms with Crippen LogP contribution in [0, 0.1) is 23.2 Å². The highest BCUT2D eigenvalue weighted by atomic mass is 16.2. The Morgan fingerprint density at radius 2 is 1.70 bits per heavy atom. The van der Waals surface area contributed by atoms with E-state index in [0.29, 0.717) is 19.4 Å². The molecule has 1 saturated heterocycles. The summed E-state index contributed by atoms with van der Waals surface area (Å²) in [5.74, 6) is -2.06. The van der Waals surface area contributed by atoms with Gasteiger partial charge in [0.15, 0.2) is 0 Å². The summed E-state index contributed by atoms with van der Waals surface area (Å²) in [4.78, 5) is 67.8. The smallest absolute Gasteiger partial charge is 0.315 e. The van der Waals surface area contributed by atoms with Crippen LogP contribution >= 0.6 is 0 Å². The van der Waals surface area contributed by atoms with E-state index in [2.05, 4.69) is 41.7 Å². The van der Waals surface area contributed by atoms with Gasteiger partial charge in [-0.1, -0.05) is 52.5 Å². The van der Waals surface area contributed by atoms with Crippen molar-refractivity contribution < 1.29 is 24.0 Å². The van der Waals surface area contributed by atoms with Crippen LogP contribution in [-0.2, 0) is 19.2 Å². The Kier molecular flexibility index (Phi) is 10.1. The zero-order valence-electron chi connectivity index (χ0n) is 25.1. The van der Waals surface area contributed by atoms with Crippen molar-refractivity contribution in [1.29, 1.82) is 0 Å². The fourth-order valence-corrected chi connectivity index (χ4v) is 6.58. The molecule has 3 fully saturated rings. The van der Waals surface area contributed by atoms with E-state index in [1.165, 1.54) is 6.08 Å². The van der Waals surface area contributed by atoms with Gasteiger partial charge in [-0.25, -0.2) is 4.79 Å². The fraction of sp³-hybridized carbons (Fsp3) is 0.767. The summed E-state index contributed by atoms with van der Waals surface area (Å²) in [6.07, 6.45) is 7.14. The standard InChI is InChI=1S/C30H49N5O5/c1-8-13-20(24(36)26(38)31-16-9-2)32-25(37)23-21-19(30(21,6)7)17-35(23)27(39)22(18-14-11-10-12-15-18)33-28(40)34-29(3,4)5/h9,18-23H,2,8,10-17H2,1,3-7H3,(H,31,38)(H,32,37)(H2,33,34,40)/t19?,20-,21+,22+,23+/m1/s1. The van der Waals surface area contributed by atoms with Crippen molar-refractivity contribution in [2.45, 2.75) is 110 Å². The van der Waals surface area contributed by atoms with E-state index in [-0.39, 0.29) is 35.6 Å². The van der Waals surface area contributed by atoms with Crippen molar-refractivity contribution in [3.63, 3.8) is 0 Å². The molecule has 10 heteroatoms. The molecule has 0 aromatic heterocycles. The third kappa shape index (κ3) is 7.23. The number of Topliss-reactive ketones (excluding diaryl/α,β-unsaturated/α-hetero) is 1. The van der Waals surface area contributed by atoms with E-state index < -0.39 is 47.3 Å². The number of urea groups is 1. The Labute approximate surface area is 238 Å². The van der Waals surface area contributed by atoms with Crippen LogP contribution in [0.5, 0.6) is 0 Å². The van der Waals surface area contributed by atoms with Crippen LogP contribution in [0.15, 0.2) is 12.7 Å². The minimum Gasteiger partial charge on any atom is -0.346 e. The molecule has 0 radical (unpaired) electrons. The molecule has 224 valence electrons. The maximum atomic E-state index is 14.2. The number of nitrogens with zero attached hydrogens (tertiary/aromatic N) is 1. The summed E-state index contributed by atoms with van der Waals surface area (Å²) in [5, 5.41) is 11.2. The molecule has 40 heavy (non-hydrogen) atoms. The number of carbonyl (C=O) groups excluding carboxylic acids is 5. The van der Waals surface area contributed by atoms with Crippen LogP contribution < -0.4 is 21.3 Å². The Hall–Kier alpha value is -2.91. The van der Waals surface area contributed by atoms with Crippen LogP contribution in [0.3, 0.4) is 0 Å². The molecule has 0 bridgehead atoms. The summed E-state index contributed by atoms with van der Waals surface area (Å²) in [7, 11) is 0. The first-order chi connectivity index (χ1) is 18.7. The molecule has 5 atom stereocenters. The number of rotatable bonds is 11. The van der Waals surface area contributed by atoms with Gasteiger partial charge in [-0.3, -0.25) is 19.2 Å². The highest BCUT2D eigenvalue weighted by molar-refractivity contribution is 6.38. The number of nitrogens with one attached hydrogen (secondary N) is 4. The van der Waals surface area contributed by atoms with Crippen LogP contribution in [0.25, 0.3) is 0 Å². The molecule has 10 nitrogen and oxygen atoms in total. The molecule has 3 rings (SSSR count). The number of hydrogen-bond acceptors (Lipinski definition) is 5. The minimum atomic E-state index is -0.981. The monoisotopic (exact) mass is 559 g/mol. The van der Waals surface area contributed by atoms with E-state index in [1.807, 2.05) is 27.7 Å². The summed E-state index contributed by atoms with van der Waals surface area (Å²) in [5.41, 5.74) is -0.591. The lowest BCUT2D eigenvalue weighted by Crippen LogP contribution is -2.61. The van der Waals surface area contributed by atoms with Crippen molar-refractivity contribution in [3.8, 4) is 0 Å². The van der Waals surface area contributed by atoms with Gasteiger partial charge in [0.25, 0.3) is 5.91 Å². The molecule has 0 spiro atoms. The molecule has 1 aliphatic heterocycles. The first-order valence-electron chi connectivity index (χ1n) is 14.8. The van der Waals surface area contributed by atoms with Crippen LogP contribution in [-0.4, -0.2) is 71.2 Å². The Morgan fingerprint density at radius 1 is 1.05 bits per heavy atom. The predicted molar refractivity (Wildman–Crippen MR) is 153 cm³/mol. The van der Waals surface area contributed by atoms with Crippen molar-refractivity contribution in [2.24, 2.45) is 23.2 Å². The van der Waals surface area contributed by atoms with Crippen molar-refractivity contribution in [2.75, 3.05) is 13.1 Å². The second-order valence-corrected chi connectivity index (χ2v) is 13.3. The van der Waals surface area contributed by atoms with Crippen molar-refractivity contribution in [1.82, 2.24) is 26.2 Å². The number of ketones is 1. The number of carbonyl (C=O) groups is 5. The average Bonchev–Trinajstić information content (AvgIpc) is 3.21. The lowest BCUT2D eigenvalue weighted by molar-refractivity contribution is -0.144. The van der Waals surface area contributed by atoms with Gasteiger partial charge in [-0.05, 0) is 63.2 Å². The quantitative estimate of drug-likeness (QED) is 0.228. The number of amides is 5. The van der Waals surface area contributed by atoms with Crippen molar-refractivity contribution in [3.05, 3.63) is 12.7 Å². The van der Waals surface area contributed by atoms with Gasteiger partial charge in [0, 0.05) is 18.6 Å². The average molecular weight is 560 g/mol. The van der Waals surface area contributed by atoms with Gasteiger partial charge in [-0.15, -0.1) is 6.58 Å². The molecule has 0 aromatic rings. The lowest BCUT2D eigenvalue weighted by Gasteiger charge is -2.37. The Balaban J connectivity index is 1.83. The molecule has 2 aliphatic carbocycles. The van der Waals surface area contributed by atoms with Gasteiger partial charge >= 0.3 is 6.03 Å². The second-order valence-electron chi connectivity index (χ2n) is 13.3. The maximum absolute atomic E-state index is 14.2. The van der Waals surface area contributed by atoms with Crippen LogP contribution in [0.4, 0.5) is 4.79 Å². The molecule has 1 heterocycles. The molecule has 0 aromatic carbocycles. The molecule has 3 aliphatic rings. The summed E-state index contributed by atoms with van der Waals surface area (Å²) < 4.78 is 0. The van der Waals surface area contributed by atoms with Gasteiger partial charge in [0.05, 0.1) is 6.04 Å². The number of likely N-dealkylation sites (tertiary alicyclic amines) is 1. The lowest BCUT2D eigenvalue weighted by atomic mass is 9.83. The largest absolute Gasteiger partial charge is 0.346 e. The summed E-state index contributed by atoms with van der Waals surface area (Å²) in [6, 6.07) is -2.89. The highest BCUT2D eigenvalue weighted by Gasteiger charge is 2.69. The molecule has 1 unspecified atom stereocenters. The van der Waals surface area contributed by atoms with E-state index in [1.54, 1.807) is 4.90 Å². The van der Waals surface area contributed by atoms with Crippen molar-refractivity contribution >= 4 is 29.5 Å². The highest BCUT2D eigenvalue weighted by Crippen LogP contribution is 2.65. The molecular weight excluding hydrogens is 510 g/mol. The zero-order valence-corrected chi connectivity index (χ0v) is 25.1. The van der Waals surface area contributed by atoms with Gasteiger partial charge in [0.1, 0.15) is 12.1 Å². The zero-order chi connectivity index (χ0) is 29.8. The SMILES string of the molecule is C=CCNC(=O)C(=O)[C@@H](CCC)NC(=O)[C@@H]1[C@@H]2C(CN1C(=O)[C@@H](NC(=O)NC(C)(C)C)C1CCCCC1)C2(C)C. The first kappa shape index (κ1) is 31.6. The predicted octanol–water partition coefficient (Wildman–Crippen LogP) is 2.67. The van der Waals surface area contributed by atoms with E-state index in [0.717, 1.165) is 32.1 Å². The van der Waals surface area contributed by atoms with E-state index in [9.17, 15) is 24.0 Å². The Morgan fingerprint density at radius 3 is 2.27 bits per heavy atom. The third-order valence-electron chi connectivity index (χ3n) is 8.76. The number of fused-ring (bicyclic) bond motifs is 1. The topological polar surface area (TPSA) is 137 Å². The molecule has 4 N–H and O–H groups in total. The minimum absolute atomic E-state index is 0.0106. The van der Waals surface area contributed by atoms with Gasteiger partial charge in [0.2, 0.25) is 17.6 Å². The van der Waals surface area contributed by atoms with E-state index in [4.69, 9.17) is 0 Å². The first-order valence-corrected chi connectivity index (χ1v) is 14.8. The fourth-order valence-electron chi connectivity index (χ4n) is 6.58. The van der Waals surface area contributed by atoms with Crippen LogP contribution in [0.1, 0.15) is 86.5 Å². The van der Waals surface area contributed by atoms with Crippen LogP contribution in [0.2, 0.25) is 0 Å². The van der Waals surface area contributed by atoms with Gasteiger partial charge in [-0.2, -0.15) is 0 Å². The summed E-state index contributed by atoms with van der Waals surface area (Å²) in [6.45, 7) is 15.8.